The van der Waals surface area contributed by atoms with E-state index in [1.165, 1.54) is 0 Å². The van der Waals surface area contributed by atoms with Crippen LogP contribution in [0.3, 0.4) is 0 Å². The van der Waals surface area contributed by atoms with Gasteiger partial charge in [-0.15, -0.1) is 11.3 Å². The topological polar surface area (TPSA) is 24.9 Å². The zero-order valence-corrected chi connectivity index (χ0v) is 9.21. The molecule has 2 nitrogen and oxygen atoms in total. The Morgan fingerprint density at radius 2 is 2.13 bits per heavy atom. The third kappa shape index (κ3) is 4.07. The molecule has 0 bridgehead atoms. The number of alkyl halides is 3. The molecule has 1 aromatic heterocycles. The predicted octanol–water partition coefficient (Wildman–Crippen LogP) is 3.76. The SMILES string of the molecule is CCCCCNc1nc(C(F)(F)F)cs1. The lowest BCUT2D eigenvalue weighted by Gasteiger charge is -2.02. The Bertz CT molecular complexity index is 296. The molecule has 0 aliphatic rings. The molecule has 0 spiro atoms. The molecule has 0 unspecified atom stereocenters. The molecular weight excluding hydrogens is 225 g/mol. The molecule has 0 saturated carbocycles. The lowest BCUT2D eigenvalue weighted by atomic mass is 10.2. The van der Waals surface area contributed by atoms with Crippen molar-refractivity contribution >= 4 is 16.5 Å². The summed E-state index contributed by atoms with van der Waals surface area (Å²) in [7, 11) is 0. The number of thiazole rings is 1. The van der Waals surface area contributed by atoms with Crippen LogP contribution in [-0.2, 0) is 6.18 Å². The smallest absolute Gasteiger partial charge is 0.362 e. The Morgan fingerprint density at radius 1 is 1.40 bits per heavy atom. The van der Waals surface area contributed by atoms with Crippen molar-refractivity contribution in [1.29, 1.82) is 0 Å². The lowest BCUT2D eigenvalue weighted by Crippen LogP contribution is -2.06. The Kier molecular flexibility index (Phi) is 4.38. The lowest BCUT2D eigenvalue weighted by molar-refractivity contribution is -0.140. The molecule has 1 rings (SSSR count). The van der Waals surface area contributed by atoms with Gasteiger partial charge in [-0.05, 0) is 6.42 Å². The molecule has 0 atom stereocenters. The first-order valence-corrected chi connectivity index (χ1v) is 5.68. The zero-order valence-electron chi connectivity index (χ0n) is 8.40. The quantitative estimate of drug-likeness (QED) is 0.790. The number of halogens is 3. The second kappa shape index (κ2) is 5.34. The van der Waals surface area contributed by atoms with Crippen LogP contribution >= 0.6 is 11.3 Å². The largest absolute Gasteiger partial charge is 0.434 e. The Hall–Kier alpha value is -0.780. The van der Waals surface area contributed by atoms with Crippen molar-refractivity contribution in [2.24, 2.45) is 0 Å². The number of nitrogens with one attached hydrogen (secondary N) is 1. The molecule has 1 N–H and O–H groups in total. The predicted molar refractivity (Wildman–Crippen MR) is 55.1 cm³/mol. The first kappa shape index (κ1) is 12.3. The summed E-state index contributed by atoms with van der Waals surface area (Å²) >= 11 is 0.992. The maximum Gasteiger partial charge on any atom is 0.434 e. The monoisotopic (exact) mass is 238 g/mol. The van der Waals surface area contributed by atoms with Crippen molar-refractivity contribution in [2.75, 3.05) is 11.9 Å². The number of hydrogen-bond acceptors (Lipinski definition) is 3. The zero-order chi connectivity index (χ0) is 11.3. The van der Waals surface area contributed by atoms with Crippen LogP contribution < -0.4 is 5.32 Å². The summed E-state index contributed by atoms with van der Waals surface area (Å²) in [6.45, 7) is 2.75. The average molecular weight is 238 g/mol. The van der Waals surface area contributed by atoms with E-state index in [0.29, 0.717) is 11.7 Å². The van der Waals surface area contributed by atoms with Gasteiger partial charge in [0.05, 0.1) is 0 Å². The van der Waals surface area contributed by atoms with Crippen LogP contribution in [0.1, 0.15) is 31.9 Å². The van der Waals surface area contributed by atoms with E-state index in [-0.39, 0.29) is 0 Å². The van der Waals surface area contributed by atoms with Crippen LogP contribution in [0.15, 0.2) is 5.38 Å². The minimum atomic E-state index is -4.33. The molecule has 0 fully saturated rings. The van der Waals surface area contributed by atoms with Gasteiger partial charge in [-0.2, -0.15) is 13.2 Å². The average Bonchev–Trinajstić information content (AvgIpc) is 2.60. The van der Waals surface area contributed by atoms with Crippen LogP contribution in [-0.4, -0.2) is 11.5 Å². The minimum absolute atomic E-state index is 0.346. The van der Waals surface area contributed by atoms with Gasteiger partial charge in [0.15, 0.2) is 10.8 Å². The fourth-order valence-corrected chi connectivity index (χ4v) is 1.80. The normalized spacial score (nSPS) is 11.7. The molecular formula is C9H13F3N2S. The molecule has 15 heavy (non-hydrogen) atoms. The van der Waals surface area contributed by atoms with Gasteiger partial charge in [0.2, 0.25) is 0 Å². The summed E-state index contributed by atoms with van der Waals surface area (Å²) in [5.41, 5.74) is -0.814. The van der Waals surface area contributed by atoms with Gasteiger partial charge in [-0.3, -0.25) is 0 Å². The van der Waals surface area contributed by atoms with E-state index in [1.54, 1.807) is 0 Å². The highest BCUT2D eigenvalue weighted by atomic mass is 32.1. The van der Waals surface area contributed by atoms with Gasteiger partial charge in [0.1, 0.15) is 0 Å². The molecule has 0 aliphatic heterocycles. The Balaban J connectivity index is 2.40. The van der Waals surface area contributed by atoms with E-state index in [2.05, 4.69) is 17.2 Å². The molecule has 6 heteroatoms. The molecule has 86 valence electrons. The van der Waals surface area contributed by atoms with E-state index < -0.39 is 11.9 Å². The summed E-state index contributed by atoms with van der Waals surface area (Å²) in [5.74, 6) is 0. The number of hydrogen-bond donors (Lipinski definition) is 1. The summed E-state index contributed by atoms with van der Waals surface area (Å²) in [6, 6.07) is 0. The first-order valence-electron chi connectivity index (χ1n) is 4.80. The fourth-order valence-electron chi connectivity index (χ4n) is 1.06. The van der Waals surface area contributed by atoms with Gasteiger partial charge in [-0.1, -0.05) is 19.8 Å². The third-order valence-electron chi connectivity index (χ3n) is 1.85. The second-order valence-corrected chi connectivity index (χ2v) is 4.03. The van der Waals surface area contributed by atoms with E-state index in [9.17, 15) is 13.2 Å². The highest BCUT2D eigenvalue weighted by molar-refractivity contribution is 7.13. The summed E-state index contributed by atoms with van der Waals surface area (Å²) in [5, 5.41) is 4.26. The van der Waals surface area contributed by atoms with E-state index in [0.717, 1.165) is 36.0 Å². The summed E-state index contributed by atoms with van der Waals surface area (Å²) in [6.07, 6.45) is -1.21. The van der Waals surface area contributed by atoms with Crippen molar-refractivity contribution in [3.05, 3.63) is 11.1 Å². The van der Waals surface area contributed by atoms with Crippen LogP contribution in [0.25, 0.3) is 0 Å². The molecule has 0 aliphatic carbocycles. The highest BCUT2D eigenvalue weighted by Crippen LogP contribution is 2.31. The number of rotatable bonds is 5. The Labute approximate surface area is 90.5 Å². The fraction of sp³-hybridized carbons (Fsp3) is 0.667. The van der Waals surface area contributed by atoms with E-state index >= 15 is 0 Å². The van der Waals surface area contributed by atoms with E-state index in [1.807, 2.05) is 0 Å². The van der Waals surface area contributed by atoms with Crippen LogP contribution in [0.2, 0.25) is 0 Å². The van der Waals surface area contributed by atoms with Crippen LogP contribution in [0.5, 0.6) is 0 Å². The highest BCUT2D eigenvalue weighted by Gasteiger charge is 2.33. The second-order valence-electron chi connectivity index (χ2n) is 3.17. The maximum atomic E-state index is 12.2. The maximum absolute atomic E-state index is 12.2. The molecule has 0 saturated heterocycles. The minimum Gasteiger partial charge on any atom is -0.362 e. The number of aromatic nitrogens is 1. The molecule has 0 amide bonds. The standard InChI is InChI=1S/C9H13F3N2S/c1-2-3-4-5-13-8-14-7(6-15-8)9(10,11)12/h6H,2-5H2,1H3,(H,13,14). The number of nitrogens with zero attached hydrogens (tertiary/aromatic N) is 1. The van der Waals surface area contributed by atoms with Crippen molar-refractivity contribution in [3.63, 3.8) is 0 Å². The summed E-state index contributed by atoms with van der Waals surface area (Å²) < 4.78 is 36.5. The van der Waals surface area contributed by atoms with Gasteiger partial charge >= 0.3 is 6.18 Å². The molecule has 1 heterocycles. The van der Waals surface area contributed by atoms with Gasteiger partial charge in [0.25, 0.3) is 0 Å². The van der Waals surface area contributed by atoms with Crippen LogP contribution in [0.4, 0.5) is 18.3 Å². The van der Waals surface area contributed by atoms with Gasteiger partial charge in [-0.25, -0.2) is 4.98 Å². The summed E-state index contributed by atoms with van der Waals surface area (Å²) in [4.78, 5) is 3.46. The van der Waals surface area contributed by atoms with Crippen LogP contribution in [0, 0.1) is 0 Å². The van der Waals surface area contributed by atoms with Crippen molar-refractivity contribution in [3.8, 4) is 0 Å². The molecule has 1 aromatic rings. The van der Waals surface area contributed by atoms with Crippen molar-refractivity contribution in [1.82, 2.24) is 4.98 Å². The van der Waals surface area contributed by atoms with E-state index in [4.69, 9.17) is 0 Å². The number of anilines is 1. The van der Waals surface area contributed by atoms with Gasteiger partial charge in [0, 0.05) is 11.9 Å². The third-order valence-corrected chi connectivity index (χ3v) is 2.65. The molecule has 0 aromatic carbocycles. The van der Waals surface area contributed by atoms with Crippen molar-refractivity contribution < 1.29 is 13.2 Å². The molecule has 0 radical (unpaired) electrons. The van der Waals surface area contributed by atoms with Gasteiger partial charge < -0.3 is 5.32 Å². The van der Waals surface area contributed by atoms with Crippen molar-refractivity contribution in [2.45, 2.75) is 32.4 Å². The number of unbranched alkanes of at least 4 members (excludes halogenated alkanes) is 2. The Morgan fingerprint density at radius 3 is 2.67 bits per heavy atom. The first-order chi connectivity index (χ1) is 7.04.